The molecule has 1 fully saturated rings. The third-order valence-electron chi connectivity index (χ3n) is 5.21. The van der Waals surface area contributed by atoms with Gasteiger partial charge in [-0.2, -0.15) is 0 Å². The molecule has 32 heavy (non-hydrogen) atoms. The third-order valence-corrected chi connectivity index (χ3v) is 6.51. The van der Waals surface area contributed by atoms with Crippen LogP contribution in [0.15, 0.2) is 60.7 Å². The fraction of sp³-hybridized carbons (Fsp3) is 0.208. The van der Waals surface area contributed by atoms with Crippen molar-refractivity contribution in [1.82, 2.24) is 4.90 Å². The predicted molar refractivity (Wildman–Crippen MR) is 133 cm³/mol. The Kier molecular flexibility index (Phi) is 6.82. The number of likely N-dealkylation sites (tertiary alicyclic amines) is 1. The highest BCUT2D eigenvalue weighted by Gasteiger charge is 2.20. The summed E-state index contributed by atoms with van der Waals surface area (Å²) < 4.78 is 4.93. The van der Waals surface area contributed by atoms with Crippen LogP contribution >= 0.6 is 23.6 Å². The molecule has 1 amide bonds. The zero-order valence-corrected chi connectivity index (χ0v) is 19.2. The summed E-state index contributed by atoms with van der Waals surface area (Å²) >= 11 is 6.88. The summed E-state index contributed by atoms with van der Waals surface area (Å²) in [6, 6.07) is 18.8. The SMILES string of the molecule is COC(=O)c1cc(-c2ccccc2)sc1NC(=S)Nc1ccc(C(=O)N2CCCC2)cc1. The average Bonchev–Trinajstić information content (AvgIpc) is 3.50. The second kappa shape index (κ2) is 9.93. The van der Waals surface area contributed by atoms with Gasteiger partial charge in [-0.1, -0.05) is 30.3 Å². The van der Waals surface area contributed by atoms with E-state index in [4.69, 9.17) is 17.0 Å². The van der Waals surface area contributed by atoms with Crippen molar-refractivity contribution in [2.45, 2.75) is 12.8 Å². The molecule has 3 aromatic rings. The van der Waals surface area contributed by atoms with E-state index in [-0.39, 0.29) is 5.91 Å². The van der Waals surface area contributed by atoms with E-state index >= 15 is 0 Å². The van der Waals surface area contributed by atoms with Crippen molar-refractivity contribution < 1.29 is 14.3 Å². The lowest BCUT2D eigenvalue weighted by Gasteiger charge is -2.15. The van der Waals surface area contributed by atoms with Crippen molar-refractivity contribution in [1.29, 1.82) is 0 Å². The first-order chi connectivity index (χ1) is 15.5. The molecule has 0 bridgehead atoms. The number of thiophene rings is 1. The summed E-state index contributed by atoms with van der Waals surface area (Å²) in [5, 5.41) is 7.17. The topological polar surface area (TPSA) is 70.7 Å². The first kappa shape index (κ1) is 22.0. The normalized spacial score (nSPS) is 13.0. The van der Waals surface area contributed by atoms with Gasteiger partial charge in [-0.05, 0) is 61.0 Å². The number of hydrogen-bond donors (Lipinski definition) is 2. The smallest absolute Gasteiger partial charge is 0.340 e. The fourth-order valence-electron chi connectivity index (χ4n) is 3.55. The second-order valence-corrected chi connectivity index (χ2v) is 8.83. The van der Waals surface area contributed by atoms with E-state index in [1.165, 1.54) is 18.4 Å². The van der Waals surface area contributed by atoms with Crippen molar-refractivity contribution in [2.24, 2.45) is 0 Å². The molecule has 2 N–H and O–H groups in total. The summed E-state index contributed by atoms with van der Waals surface area (Å²) in [6.45, 7) is 1.64. The molecule has 8 heteroatoms. The lowest BCUT2D eigenvalue weighted by atomic mass is 10.1. The monoisotopic (exact) mass is 465 g/mol. The summed E-state index contributed by atoms with van der Waals surface area (Å²) in [5.41, 5.74) is 2.84. The molecule has 0 atom stereocenters. The first-order valence-corrected chi connectivity index (χ1v) is 11.5. The van der Waals surface area contributed by atoms with Crippen LogP contribution in [0, 0.1) is 0 Å². The van der Waals surface area contributed by atoms with Crippen molar-refractivity contribution in [2.75, 3.05) is 30.8 Å². The molecule has 4 rings (SSSR count). The largest absolute Gasteiger partial charge is 0.465 e. The number of rotatable bonds is 5. The van der Waals surface area contributed by atoms with Crippen molar-refractivity contribution in [3.63, 3.8) is 0 Å². The second-order valence-electron chi connectivity index (χ2n) is 7.37. The Morgan fingerprint density at radius 2 is 1.69 bits per heavy atom. The van der Waals surface area contributed by atoms with Gasteiger partial charge in [-0.3, -0.25) is 4.79 Å². The fourth-order valence-corrected chi connectivity index (χ4v) is 4.89. The molecule has 6 nitrogen and oxygen atoms in total. The molecule has 1 aliphatic rings. The zero-order valence-electron chi connectivity index (χ0n) is 17.6. The number of thiocarbonyl (C=S) groups is 1. The maximum atomic E-state index is 12.5. The number of anilines is 2. The van der Waals surface area contributed by atoms with Crippen LogP contribution in [0.4, 0.5) is 10.7 Å². The number of ether oxygens (including phenoxy) is 1. The maximum Gasteiger partial charge on any atom is 0.340 e. The lowest BCUT2D eigenvalue weighted by molar-refractivity contribution is 0.0602. The minimum atomic E-state index is -0.432. The van der Waals surface area contributed by atoms with Crippen LogP contribution in [-0.2, 0) is 4.74 Å². The van der Waals surface area contributed by atoms with Crippen molar-refractivity contribution in [3.05, 3.63) is 71.8 Å². The number of carbonyl (C=O) groups is 2. The number of hydrogen-bond acceptors (Lipinski definition) is 5. The van der Waals surface area contributed by atoms with E-state index in [1.54, 1.807) is 18.2 Å². The van der Waals surface area contributed by atoms with Gasteiger partial charge in [-0.15, -0.1) is 11.3 Å². The van der Waals surface area contributed by atoms with Crippen LogP contribution in [0.3, 0.4) is 0 Å². The number of methoxy groups -OCH3 is 1. The number of nitrogens with zero attached hydrogens (tertiary/aromatic N) is 1. The van der Waals surface area contributed by atoms with Crippen LogP contribution in [-0.4, -0.2) is 42.1 Å². The molecular weight excluding hydrogens is 442 g/mol. The molecular formula is C24H23N3O3S2. The van der Waals surface area contributed by atoms with Gasteiger partial charge in [-0.25, -0.2) is 4.79 Å². The molecule has 164 valence electrons. The average molecular weight is 466 g/mol. The Morgan fingerprint density at radius 3 is 2.34 bits per heavy atom. The van der Waals surface area contributed by atoms with Crippen LogP contribution in [0.5, 0.6) is 0 Å². The number of nitrogens with one attached hydrogen (secondary N) is 2. The molecule has 2 heterocycles. The van der Waals surface area contributed by atoms with Crippen LogP contribution in [0.1, 0.15) is 33.6 Å². The Balaban J connectivity index is 1.46. The Hall–Kier alpha value is -3.23. The van der Waals surface area contributed by atoms with Crippen LogP contribution in [0.25, 0.3) is 10.4 Å². The summed E-state index contributed by atoms with van der Waals surface area (Å²) in [6.07, 6.45) is 2.13. The molecule has 1 aromatic heterocycles. The standard InChI is InChI=1S/C24H23N3O3S2/c1-30-23(29)19-15-20(16-7-3-2-4-8-16)32-21(19)26-24(31)25-18-11-9-17(10-12-18)22(28)27-13-5-6-14-27/h2-4,7-12,15H,5-6,13-14H2,1H3,(H2,25,26,31). The molecule has 1 saturated heterocycles. The minimum Gasteiger partial charge on any atom is -0.465 e. The molecule has 1 aliphatic heterocycles. The summed E-state index contributed by atoms with van der Waals surface area (Å²) in [7, 11) is 1.35. The van der Waals surface area contributed by atoms with Crippen LogP contribution in [0.2, 0.25) is 0 Å². The van der Waals surface area contributed by atoms with Gasteiger partial charge < -0.3 is 20.3 Å². The van der Waals surface area contributed by atoms with Gasteiger partial charge in [0, 0.05) is 29.2 Å². The Bertz CT molecular complexity index is 1120. The minimum absolute atomic E-state index is 0.0597. The zero-order chi connectivity index (χ0) is 22.5. The summed E-state index contributed by atoms with van der Waals surface area (Å²) in [5.74, 6) is -0.372. The quantitative estimate of drug-likeness (QED) is 0.396. The highest BCUT2D eigenvalue weighted by atomic mass is 32.1. The number of carbonyl (C=O) groups excluding carboxylic acids is 2. The van der Waals surface area contributed by atoms with E-state index in [2.05, 4.69) is 10.6 Å². The van der Waals surface area contributed by atoms with Crippen molar-refractivity contribution in [3.8, 4) is 10.4 Å². The third kappa shape index (κ3) is 4.98. The maximum absolute atomic E-state index is 12.5. The van der Waals surface area contributed by atoms with Gasteiger partial charge in [0.1, 0.15) is 5.00 Å². The van der Waals surface area contributed by atoms with Crippen molar-refractivity contribution >= 4 is 51.2 Å². The first-order valence-electron chi connectivity index (χ1n) is 10.3. The predicted octanol–water partition coefficient (Wildman–Crippen LogP) is 5.25. The lowest BCUT2D eigenvalue weighted by Crippen LogP contribution is -2.27. The van der Waals surface area contributed by atoms with E-state index < -0.39 is 5.97 Å². The van der Waals surface area contributed by atoms with Gasteiger partial charge in [0.25, 0.3) is 5.91 Å². The highest BCUT2D eigenvalue weighted by Crippen LogP contribution is 2.36. The Labute approximate surface area is 196 Å². The molecule has 0 unspecified atom stereocenters. The van der Waals surface area contributed by atoms with Crippen LogP contribution < -0.4 is 10.6 Å². The molecule has 0 spiro atoms. The van der Waals surface area contributed by atoms with Gasteiger partial charge in [0.2, 0.25) is 0 Å². The molecule has 0 saturated carbocycles. The Morgan fingerprint density at radius 1 is 1.00 bits per heavy atom. The van der Waals surface area contributed by atoms with E-state index in [1.807, 2.05) is 47.4 Å². The molecule has 2 aromatic carbocycles. The van der Waals surface area contributed by atoms with Gasteiger partial charge in [0.15, 0.2) is 5.11 Å². The molecule has 0 aliphatic carbocycles. The van der Waals surface area contributed by atoms with E-state index in [0.717, 1.165) is 42.1 Å². The van der Waals surface area contributed by atoms with E-state index in [0.29, 0.717) is 21.2 Å². The summed E-state index contributed by atoms with van der Waals surface area (Å²) in [4.78, 5) is 27.6. The van der Waals surface area contributed by atoms with Gasteiger partial charge in [0.05, 0.1) is 12.7 Å². The number of amides is 1. The highest BCUT2D eigenvalue weighted by molar-refractivity contribution is 7.80. The number of esters is 1. The number of benzene rings is 2. The van der Waals surface area contributed by atoms with Gasteiger partial charge >= 0.3 is 5.97 Å². The van der Waals surface area contributed by atoms with E-state index in [9.17, 15) is 9.59 Å². The molecule has 0 radical (unpaired) electrons.